The maximum absolute atomic E-state index is 13.8. The van der Waals surface area contributed by atoms with Crippen molar-refractivity contribution in [1.82, 2.24) is 0 Å². The van der Waals surface area contributed by atoms with Crippen LogP contribution in [0.4, 0.5) is 0 Å². The van der Waals surface area contributed by atoms with E-state index >= 15 is 0 Å². The third kappa shape index (κ3) is 4.69. The van der Waals surface area contributed by atoms with E-state index in [-0.39, 0.29) is 11.9 Å². The normalized spacial score (nSPS) is 18.0. The van der Waals surface area contributed by atoms with Gasteiger partial charge in [-0.25, -0.2) is 0 Å². The number of aryl methyl sites for hydroxylation is 3. The van der Waals surface area contributed by atoms with Crippen LogP contribution in [0.25, 0.3) is 43.5 Å². The zero-order chi connectivity index (χ0) is 33.5. The fourth-order valence-electron chi connectivity index (χ4n) is 9.27. The summed E-state index contributed by atoms with van der Waals surface area (Å²) < 4.78 is 10.9. The van der Waals surface area contributed by atoms with Gasteiger partial charge in [0.2, 0.25) is 0 Å². The number of hydrogen-bond donors (Lipinski definition) is 0. The molecule has 4 heteroatoms. The second kappa shape index (κ2) is 13.2. The van der Waals surface area contributed by atoms with E-state index in [9.17, 15) is 9.59 Å². The maximum atomic E-state index is 13.8. The highest BCUT2D eigenvalue weighted by molar-refractivity contribution is 6.10. The first-order valence-electron chi connectivity index (χ1n) is 17.6. The number of methoxy groups -OCH3 is 2. The molecular weight excluding hydrogens is 568 g/mol. The van der Waals surface area contributed by atoms with Crippen LogP contribution in [0, 0.1) is 11.3 Å². The molecule has 0 spiro atoms. The van der Waals surface area contributed by atoms with Crippen molar-refractivity contribution in [3.05, 3.63) is 68.6 Å². The van der Waals surface area contributed by atoms with Crippen molar-refractivity contribution in [2.75, 3.05) is 14.2 Å². The minimum absolute atomic E-state index is 0.364. The largest absolute Gasteiger partial charge is 0.469 e. The van der Waals surface area contributed by atoms with Crippen molar-refractivity contribution in [3.8, 4) is 0 Å². The van der Waals surface area contributed by atoms with E-state index in [2.05, 4.69) is 78.8 Å². The molecule has 46 heavy (non-hydrogen) atoms. The summed E-state index contributed by atoms with van der Waals surface area (Å²) >= 11 is 0. The van der Waals surface area contributed by atoms with Gasteiger partial charge in [0.1, 0.15) is 5.41 Å². The summed E-state index contributed by atoms with van der Waals surface area (Å²) in [5.74, 6) is -1.47. The quantitative estimate of drug-likeness (QED) is 0.132. The number of esters is 2. The number of rotatable bonds is 10. The molecule has 1 aliphatic carbocycles. The second-order valence-corrected chi connectivity index (χ2v) is 12.8. The molecule has 0 fully saturated rings. The molecule has 0 N–H and O–H groups in total. The Labute approximate surface area is 274 Å². The van der Waals surface area contributed by atoms with Crippen LogP contribution in [0.5, 0.6) is 0 Å². The summed E-state index contributed by atoms with van der Waals surface area (Å²) in [6.07, 6.45) is 6.74. The van der Waals surface area contributed by atoms with E-state index < -0.39 is 11.3 Å². The standard InChI is InChI=1S/C42H52O4/c1-11-26-27(12-2)29(14-4)36-22-32-24(20-34(36)28(26)13-3)19-25-21-35-31(16-6)39(40(43)45-9)42(18-8,41(44)46-10)38(17-7)37(35)23-33(25)30(32)15-5/h19-23,39H,11-18H2,1-10H3. The van der Waals surface area contributed by atoms with Gasteiger partial charge in [0.15, 0.2) is 0 Å². The van der Waals surface area contributed by atoms with Gasteiger partial charge in [0.25, 0.3) is 0 Å². The Hall–Kier alpha value is -3.66. The number of fused-ring (bicyclic) bond motifs is 4. The highest BCUT2D eigenvalue weighted by Crippen LogP contribution is 2.49. The molecule has 5 rings (SSSR count). The van der Waals surface area contributed by atoms with E-state index in [1.165, 1.54) is 74.4 Å². The predicted octanol–water partition coefficient (Wildman–Crippen LogP) is 8.45. The van der Waals surface area contributed by atoms with Crippen molar-refractivity contribution >= 4 is 55.4 Å². The van der Waals surface area contributed by atoms with Crippen LogP contribution in [-0.2, 0) is 51.2 Å². The van der Waals surface area contributed by atoms with E-state index in [0.29, 0.717) is 19.3 Å². The van der Waals surface area contributed by atoms with Gasteiger partial charge in [-0.05, 0) is 163 Å². The lowest BCUT2D eigenvalue weighted by Gasteiger charge is -2.41. The molecular formula is C42H52O4. The van der Waals surface area contributed by atoms with Crippen molar-refractivity contribution < 1.29 is 19.1 Å². The van der Waals surface area contributed by atoms with Gasteiger partial charge in [-0.15, -0.1) is 0 Å². The Kier molecular flexibility index (Phi) is 9.68. The van der Waals surface area contributed by atoms with Crippen LogP contribution in [0.1, 0.15) is 102 Å². The summed E-state index contributed by atoms with van der Waals surface area (Å²) in [6, 6.07) is 11.9. The Morgan fingerprint density at radius 3 is 1.59 bits per heavy atom. The molecule has 0 aromatic heterocycles. The van der Waals surface area contributed by atoms with E-state index in [4.69, 9.17) is 9.47 Å². The van der Waals surface area contributed by atoms with Gasteiger partial charge in [0, 0.05) is 0 Å². The monoisotopic (exact) mass is 620 g/mol. The molecule has 2 atom stereocenters. The Morgan fingerprint density at radius 1 is 0.565 bits per heavy atom. The predicted molar refractivity (Wildman–Crippen MR) is 193 cm³/mol. The molecule has 0 radical (unpaired) electrons. The van der Waals surface area contributed by atoms with Gasteiger partial charge < -0.3 is 9.47 Å². The third-order valence-corrected chi connectivity index (χ3v) is 11.2. The average molecular weight is 621 g/mol. The van der Waals surface area contributed by atoms with Crippen molar-refractivity contribution in [1.29, 1.82) is 0 Å². The molecule has 4 aromatic carbocycles. The zero-order valence-corrected chi connectivity index (χ0v) is 29.8. The van der Waals surface area contributed by atoms with E-state index in [1.807, 2.05) is 6.92 Å². The fourth-order valence-corrected chi connectivity index (χ4v) is 9.27. The molecule has 0 aliphatic heterocycles. The SMILES string of the molecule is CCC1=c2cc3cc4cc5c(CC)c(CC)c(CC)c(CC)c5cc4c(CC)c3cc2=C(CC)C(CC)(C(=O)OC)C1C(=O)OC. The smallest absolute Gasteiger partial charge is 0.317 e. The number of hydrogen-bond acceptors (Lipinski definition) is 4. The minimum atomic E-state index is -1.11. The second-order valence-electron chi connectivity index (χ2n) is 12.8. The van der Waals surface area contributed by atoms with Gasteiger partial charge in [-0.3, -0.25) is 9.59 Å². The topological polar surface area (TPSA) is 52.6 Å². The molecule has 4 aromatic rings. The van der Waals surface area contributed by atoms with Crippen LogP contribution in [-0.4, -0.2) is 26.2 Å². The number of benzene rings is 4. The highest BCUT2D eigenvalue weighted by atomic mass is 16.5. The van der Waals surface area contributed by atoms with Gasteiger partial charge >= 0.3 is 11.9 Å². The average Bonchev–Trinajstić information content (AvgIpc) is 3.09. The van der Waals surface area contributed by atoms with Crippen LogP contribution in [0.3, 0.4) is 0 Å². The molecule has 0 amide bonds. The third-order valence-electron chi connectivity index (χ3n) is 11.2. The Balaban J connectivity index is 2.04. The lowest BCUT2D eigenvalue weighted by atomic mass is 9.60. The molecule has 0 saturated heterocycles. The first-order chi connectivity index (χ1) is 22.2. The molecule has 2 unspecified atom stereocenters. The van der Waals surface area contributed by atoms with Gasteiger partial charge in [0.05, 0.1) is 20.1 Å². The van der Waals surface area contributed by atoms with Crippen molar-refractivity contribution in [2.45, 2.75) is 107 Å². The summed E-state index contributed by atoms with van der Waals surface area (Å²) in [4.78, 5) is 27.4. The molecule has 0 saturated carbocycles. The van der Waals surface area contributed by atoms with E-state index in [1.54, 1.807) is 0 Å². The molecule has 244 valence electrons. The zero-order valence-electron chi connectivity index (χ0n) is 29.8. The summed E-state index contributed by atoms with van der Waals surface area (Å²) in [6.45, 7) is 17.6. The molecule has 0 heterocycles. The van der Waals surface area contributed by atoms with Crippen LogP contribution in [0.2, 0.25) is 0 Å². The number of carbonyl (C=O) groups is 2. The maximum Gasteiger partial charge on any atom is 0.317 e. The fraction of sp³-hybridized carbons (Fsp3) is 0.476. The first kappa shape index (κ1) is 33.7. The number of ether oxygens (including phenoxy) is 2. The summed E-state index contributed by atoms with van der Waals surface area (Å²) in [5, 5.41) is 9.86. The summed E-state index contributed by atoms with van der Waals surface area (Å²) in [7, 11) is 2.84. The van der Waals surface area contributed by atoms with Crippen molar-refractivity contribution in [3.63, 3.8) is 0 Å². The highest BCUT2D eigenvalue weighted by Gasteiger charge is 2.54. The van der Waals surface area contributed by atoms with Crippen LogP contribution >= 0.6 is 0 Å². The van der Waals surface area contributed by atoms with Crippen LogP contribution < -0.4 is 10.4 Å². The minimum Gasteiger partial charge on any atom is -0.469 e. The molecule has 0 bridgehead atoms. The van der Waals surface area contributed by atoms with Crippen LogP contribution in [0.15, 0.2) is 30.3 Å². The molecule has 4 nitrogen and oxygen atoms in total. The molecule has 1 aliphatic rings. The Bertz CT molecular complexity index is 2000. The lowest BCUT2D eigenvalue weighted by molar-refractivity contribution is -0.160. The van der Waals surface area contributed by atoms with Gasteiger partial charge in [-0.2, -0.15) is 0 Å². The van der Waals surface area contributed by atoms with Gasteiger partial charge in [-0.1, -0.05) is 55.4 Å². The van der Waals surface area contributed by atoms with E-state index in [0.717, 1.165) is 53.7 Å². The van der Waals surface area contributed by atoms with Crippen molar-refractivity contribution in [2.24, 2.45) is 11.3 Å². The first-order valence-corrected chi connectivity index (χ1v) is 17.6. The summed E-state index contributed by atoms with van der Waals surface area (Å²) in [5.41, 5.74) is 8.18. The number of carbonyl (C=O) groups excluding carboxylic acids is 2. The Morgan fingerprint density at radius 2 is 1.11 bits per heavy atom. The lowest BCUT2D eigenvalue weighted by Crippen LogP contribution is -2.53.